The van der Waals surface area contributed by atoms with Crippen LogP contribution in [0, 0.1) is 34.5 Å². The van der Waals surface area contributed by atoms with E-state index in [0.717, 1.165) is 44.1 Å². The first-order valence-corrected chi connectivity index (χ1v) is 22.5. The van der Waals surface area contributed by atoms with E-state index < -0.39 is 78.7 Å². The maximum atomic E-state index is 12.6. The molecule has 0 spiro atoms. The first-order valence-electron chi connectivity index (χ1n) is 22.5. The Morgan fingerprint density at radius 2 is 1.51 bits per heavy atom. The smallest absolute Gasteiger partial charge is 0.331 e. The van der Waals surface area contributed by atoms with Crippen LogP contribution in [0.2, 0.25) is 0 Å². The largest absolute Gasteiger partial charge is 0.458 e. The number of primary amides is 1. The van der Waals surface area contributed by atoms with Crippen LogP contribution in [0.5, 0.6) is 0 Å². The van der Waals surface area contributed by atoms with Gasteiger partial charge in [0.15, 0.2) is 18.9 Å². The average Bonchev–Trinajstić information content (AvgIpc) is 3.66. The fourth-order valence-electron chi connectivity index (χ4n) is 13.3. The second-order valence-corrected chi connectivity index (χ2v) is 20.0. The number of hydrogen-bond acceptors (Lipinski definition) is 14. The van der Waals surface area contributed by atoms with Gasteiger partial charge in [0.25, 0.3) is 0 Å². The maximum absolute atomic E-state index is 12.6. The van der Waals surface area contributed by atoms with Gasteiger partial charge in [-0.25, -0.2) is 4.79 Å². The highest BCUT2D eigenvalue weighted by molar-refractivity contribution is 5.85. The molecule has 59 heavy (non-hydrogen) atoms. The number of nitrogens with two attached hydrogens (primary N) is 1. The van der Waals surface area contributed by atoms with Crippen LogP contribution in [0.1, 0.15) is 112 Å². The van der Waals surface area contributed by atoms with Crippen molar-refractivity contribution in [1.82, 2.24) is 4.90 Å². The van der Waals surface area contributed by atoms with Crippen molar-refractivity contribution in [3.63, 3.8) is 0 Å². The molecule has 6 unspecified atom stereocenters. The fraction of sp³-hybridized carbons (Fsp3) is 0.909. The molecule has 8 aliphatic rings. The molecule has 7 fully saturated rings. The third kappa shape index (κ3) is 7.95. The van der Waals surface area contributed by atoms with E-state index in [0.29, 0.717) is 38.3 Å². The zero-order valence-corrected chi connectivity index (χ0v) is 35.8. The average molecular weight is 835 g/mol. The third-order valence-electron chi connectivity index (χ3n) is 16.8. The lowest BCUT2D eigenvalue weighted by Gasteiger charge is -2.65. The number of cyclic esters (lactones) is 1. The molecule has 0 radical (unpaired) electrons. The fourth-order valence-corrected chi connectivity index (χ4v) is 13.3. The Bertz CT molecular complexity index is 1560. The highest BCUT2D eigenvalue weighted by Gasteiger charge is 2.71. The molecule has 4 aliphatic carbocycles. The molecule has 8 rings (SSSR count). The van der Waals surface area contributed by atoms with Crippen LogP contribution in [-0.4, -0.2) is 142 Å². The van der Waals surface area contributed by atoms with Gasteiger partial charge in [-0.1, -0.05) is 13.8 Å². The van der Waals surface area contributed by atoms with Gasteiger partial charge in [0.2, 0.25) is 5.91 Å². The van der Waals surface area contributed by atoms with Crippen molar-refractivity contribution in [3.05, 3.63) is 11.6 Å². The first kappa shape index (κ1) is 43.9. The van der Waals surface area contributed by atoms with E-state index in [4.69, 9.17) is 38.9 Å². The zero-order valence-electron chi connectivity index (χ0n) is 35.8. The van der Waals surface area contributed by atoms with E-state index in [9.17, 15) is 30.0 Å². The third-order valence-corrected chi connectivity index (χ3v) is 16.8. The Morgan fingerprint density at radius 1 is 0.847 bits per heavy atom. The molecule has 1 amide bonds. The maximum Gasteiger partial charge on any atom is 0.331 e. The molecular weight excluding hydrogens is 764 g/mol. The molecule has 334 valence electrons. The molecule has 0 aromatic rings. The SMILES string of the molecule is CC1CN(C(C)C(N)=O)CCC(O[C@@H]2[C@H](C)O[C@@H](O[C@@H]3[C@H](C)O[C@@H](O[C@H]4CC[C@@]5(C)C(CCC6C5C[C@H](O)[C@]5(C)[C@@H](C7=CC(=O)OC7)CC[C@]65O)C4)C[C@@H]3O)C[C@@H]2O)O1. The number of aliphatic hydroxyl groups excluding tert-OH is 3. The van der Waals surface area contributed by atoms with Crippen LogP contribution in [0.3, 0.4) is 0 Å². The van der Waals surface area contributed by atoms with Crippen molar-refractivity contribution in [2.45, 2.75) is 198 Å². The predicted molar refractivity (Wildman–Crippen MR) is 211 cm³/mol. The Hall–Kier alpha value is -1.76. The van der Waals surface area contributed by atoms with Crippen molar-refractivity contribution in [2.75, 3.05) is 19.7 Å². The van der Waals surface area contributed by atoms with Crippen LogP contribution < -0.4 is 5.73 Å². The van der Waals surface area contributed by atoms with E-state index in [1.165, 1.54) is 0 Å². The van der Waals surface area contributed by atoms with Gasteiger partial charge in [0.05, 0.1) is 54.4 Å². The number of rotatable bonds is 9. The number of carbonyl (C=O) groups is 2. The lowest BCUT2D eigenvalue weighted by Crippen LogP contribution is -2.67. The highest BCUT2D eigenvalue weighted by Crippen LogP contribution is 2.70. The summed E-state index contributed by atoms with van der Waals surface area (Å²) in [5.74, 6) is -0.176. The van der Waals surface area contributed by atoms with Crippen LogP contribution in [0.4, 0.5) is 0 Å². The summed E-state index contributed by atoms with van der Waals surface area (Å²) in [4.78, 5) is 25.7. The summed E-state index contributed by atoms with van der Waals surface area (Å²) in [5.41, 5.74) is 4.65. The summed E-state index contributed by atoms with van der Waals surface area (Å²) in [6, 6.07) is -0.423. The molecule has 4 heterocycles. The van der Waals surface area contributed by atoms with Gasteiger partial charge in [-0.2, -0.15) is 0 Å². The molecule has 3 saturated heterocycles. The van der Waals surface area contributed by atoms with Gasteiger partial charge in [-0.05, 0) is 114 Å². The molecule has 6 N–H and O–H groups in total. The van der Waals surface area contributed by atoms with Crippen LogP contribution >= 0.6 is 0 Å². The molecule has 4 saturated carbocycles. The number of carbonyl (C=O) groups excluding carboxylic acids is 2. The summed E-state index contributed by atoms with van der Waals surface area (Å²) in [5, 5.41) is 47.1. The number of amides is 1. The van der Waals surface area contributed by atoms with Crippen molar-refractivity contribution in [1.29, 1.82) is 0 Å². The minimum absolute atomic E-state index is 0.0410. The Kier molecular flexibility index (Phi) is 12.5. The van der Waals surface area contributed by atoms with Crippen LogP contribution in [0.25, 0.3) is 0 Å². The lowest BCUT2D eigenvalue weighted by molar-refractivity contribution is -0.329. The summed E-state index contributed by atoms with van der Waals surface area (Å²) in [6.07, 6.45) is 1.87. The van der Waals surface area contributed by atoms with Crippen molar-refractivity contribution >= 4 is 11.9 Å². The molecule has 0 bridgehead atoms. The highest BCUT2D eigenvalue weighted by atomic mass is 16.7. The van der Waals surface area contributed by atoms with E-state index in [2.05, 4.69) is 6.92 Å². The van der Waals surface area contributed by atoms with Crippen molar-refractivity contribution in [2.24, 2.45) is 40.2 Å². The summed E-state index contributed by atoms with van der Waals surface area (Å²) < 4.78 is 43.1. The first-order chi connectivity index (χ1) is 27.9. The number of nitrogens with zero attached hydrogens (tertiary/aromatic N) is 1. The molecular formula is C44H70N2O13. The van der Waals surface area contributed by atoms with Gasteiger partial charge in [0, 0.05) is 43.8 Å². The van der Waals surface area contributed by atoms with E-state index >= 15 is 0 Å². The number of fused-ring (bicyclic) bond motifs is 5. The molecule has 0 aromatic carbocycles. The quantitative estimate of drug-likeness (QED) is 0.167. The normalized spacial score (nSPS) is 51.1. The second-order valence-electron chi connectivity index (χ2n) is 20.0. The van der Waals surface area contributed by atoms with E-state index in [1.807, 2.05) is 32.6 Å². The number of aliphatic hydroxyl groups is 4. The van der Waals surface area contributed by atoms with Crippen molar-refractivity contribution in [3.8, 4) is 0 Å². The monoisotopic (exact) mass is 834 g/mol. The number of hydrogen-bond donors (Lipinski definition) is 5. The molecule has 15 heteroatoms. The summed E-state index contributed by atoms with van der Waals surface area (Å²) in [7, 11) is 0. The Balaban J connectivity index is 0.821. The Labute approximate surface area is 348 Å². The van der Waals surface area contributed by atoms with Gasteiger partial charge >= 0.3 is 5.97 Å². The van der Waals surface area contributed by atoms with Gasteiger partial charge in [-0.15, -0.1) is 0 Å². The van der Waals surface area contributed by atoms with Gasteiger partial charge in [-0.3, -0.25) is 9.69 Å². The second kappa shape index (κ2) is 16.7. The Morgan fingerprint density at radius 3 is 2.14 bits per heavy atom. The minimum Gasteiger partial charge on any atom is -0.458 e. The van der Waals surface area contributed by atoms with Crippen LogP contribution in [0.15, 0.2) is 11.6 Å². The lowest BCUT2D eigenvalue weighted by atomic mass is 9.42. The zero-order chi connectivity index (χ0) is 42.2. The summed E-state index contributed by atoms with van der Waals surface area (Å²) in [6.45, 7) is 13.1. The molecule has 20 atom stereocenters. The number of ether oxygens (including phenoxy) is 7. The van der Waals surface area contributed by atoms with E-state index in [1.54, 1.807) is 13.0 Å². The van der Waals surface area contributed by atoms with Gasteiger partial charge in [0.1, 0.15) is 18.8 Å². The standard InChI is InChI=1S/C44H70N2O13/c1-22-20-46(23(2)41(45)51)14-11-36(54-22)58-39-24(3)56-38(19-33(39)48)59-40-25(4)55-37(18-32(40)47)57-28-9-12-42(5)27(16-28)7-8-30-31(42)17-34(49)43(6)29(10-13-44(30,43)52)26-15-35(50)53-21-26/h15,22-25,27-34,36-40,47-49,52H,7-14,16-21H2,1-6H3,(H2,45,51)/t22?,23?,24-,25-,27?,28-,29+,30?,31?,32-,33-,34-,36?,37-,38-,39+,40+,42-,43-,44-/m0/s1. The topological polar surface area (TPSA) is 209 Å². The molecule has 4 aliphatic heterocycles. The molecule has 15 nitrogen and oxygen atoms in total. The minimum atomic E-state index is -1.01. The van der Waals surface area contributed by atoms with E-state index in [-0.39, 0.29) is 66.7 Å². The predicted octanol–water partition coefficient (Wildman–Crippen LogP) is 2.67. The van der Waals surface area contributed by atoms with Gasteiger partial charge < -0.3 is 59.3 Å². The van der Waals surface area contributed by atoms with Crippen molar-refractivity contribution < 1.29 is 63.2 Å². The van der Waals surface area contributed by atoms with Crippen LogP contribution in [-0.2, 0) is 42.7 Å². The molecule has 0 aromatic heterocycles. The summed E-state index contributed by atoms with van der Waals surface area (Å²) >= 11 is 0. The number of esters is 1.